The largest absolute Gasteiger partial charge is 0.386 e. The molecule has 2 rings (SSSR count). The highest BCUT2D eigenvalue weighted by Gasteiger charge is 2.25. The molecule has 0 aliphatic heterocycles. The van der Waals surface area contributed by atoms with Gasteiger partial charge in [0, 0.05) is 6.54 Å². The van der Waals surface area contributed by atoms with Crippen molar-refractivity contribution in [1.29, 1.82) is 0 Å². The summed E-state index contributed by atoms with van der Waals surface area (Å²) in [6.45, 7) is -0.788. The molecule has 0 unspecified atom stereocenters. The van der Waals surface area contributed by atoms with E-state index in [4.69, 9.17) is 23.2 Å². The number of benzene rings is 2. The van der Waals surface area contributed by atoms with Gasteiger partial charge in [-0.3, -0.25) is 4.79 Å². The van der Waals surface area contributed by atoms with Crippen LogP contribution in [0.3, 0.4) is 0 Å². The predicted molar refractivity (Wildman–Crippen MR) is 112 cm³/mol. The topological polar surface area (TPSA) is 95.5 Å². The maximum Gasteiger partial charge on any atom is 0.253 e. The van der Waals surface area contributed by atoms with Crippen molar-refractivity contribution in [3.8, 4) is 11.1 Å². The van der Waals surface area contributed by atoms with Gasteiger partial charge in [0.2, 0.25) is 10.0 Å². The number of rotatable bonds is 9. The number of aliphatic hydroxyl groups is 1. The van der Waals surface area contributed by atoms with Gasteiger partial charge in [0.25, 0.3) is 5.91 Å². The summed E-state index contributed by atoms with van der Waals surface area (Å²) >= 11 is 10.9. The van der Waals surface area contributed by atoms with Crippen LogP contribution in [0.2, 0.25) is 0 Å². The number of sulfonamides is 1. The molecule has 0 heterocycles. The number of hydrogen-bond acceptors (Lipinski definition) is 4. The predicted octanol–water partition coefficient (Wildman–Crippen LogP) is 2.69. The third-order valence-corrected chi connectivity index (χ3v) is 5.22. The lowest BCUT2D eigenvalue weighted by Gasteiger charge is -2.22. The monoisotopic (exact) mass is 462 g/mol. The zero-order valence-electron chi connectivity index (χ0n) is 15.5. The molecule has 0 fully saturated rings. The fourth-order valence-corrected chi connectivity index (χ4v) is 3.14. The quantitative estimate of drug-likeness (QED) is 0.499. The summed E-state index contributed by atoms with van der Waals surface area (Å²) < 4.78 is 38.0. The second-order valence-electron chi connectivity index (χ2n) is 6.43. The van der Waals surface area contributed by atoms with Crippen molar-refractivity contribution in [2.24, 2.45) is 0 Å². The van der Waals surface area contributed by atoms with Crippen molar-refractivity contribution < 1.29 is 22.7 Å². The molecule has 6 nitrogen and oxygen atoms in total. The van der Waals surface area contributed by atoms with E-state index in [0.29, 0.717) is 5.56 Å². The highest BCUT2D eigenvalue weighted by atomic mass is 35.5. The average Bonchev–Trinajstić information content (AvgIpc) is 2.69. The summed E-state index contributed by atoms with van der Waals surface area (Å²) in [4.78, 5) is 10.2. The van der Waals surface area contributed by atoms with Crippen LogP contribution in [0.25, 0.3) is 11.1 Å². The molecule has 0 aromatic heterocycles. The molecule has 10 heteroatoms. The highest BCUT2D eigenvalue weighted by Crippen LogP contribution is 2.24. The molecule has 0 aliphatic rings. The Morgan fingerprint density at radius 3 is 2.03 bits per heavy atom. The lowest BCUT2D eigenvalue weighted by molar-refractivity contribution is -0.121. The van der Waals surface area contributed by atoms with Gasteiger partial charge < -0.3 is 10.4 Å². The number of halogens is 3. The van der Waals surface area contributed by atoms with Crippen LogP contribution in [0, 0.1) is 0 Å². The van der Waals surface area contributed by atoms with Gasteiger partial charge >= 0.3 is 0 Å². The van der Waals surface area contributed by atoms with Crippen LogP contribution in [0.15, 0.2) is 48.5 Å². The van der Waals surface area contributed by atoms with E-state index in [0.717, 1.165) is 22.9 Å². The molecule has 0 saturated carbocycles. The van der Waals surface area contributed by atoms with E-state index in [1.165, 1.54) is 0 Å². The first kappa shape index (κ1) is 23.6. The van der Waals surface area contributed by atoms with Crippen molar-refractivity contribution >= 4 is 39.1 Å². The number of hydrogen-bond donors (Lipinski definition) is 3. The molecular weight excluding hydrogens is 442 g/mol. The Hall–Kier alpha value is -1.71. The van der Waals surface area contributed by atoms with E-state index in [2.05, 4.69) is 10.0 Å². The van der Waals surface area contributed by atoms with Crippen molar-refractivity contribution in [1.82, 2.24) is 10.0 Å². The number of carbonyl (C=O) groups excluding carboxylic acids is 1. The number of carbonyl (C=O) groups is 1. The number of alkyl halides is 3. The molecule has 158 valence electrons. The molecule has 0 aliphatic carbocycles. The van der Waals surface area contributed by atoms with Crippen LogP contribution in [0.1, 0.15) is 17.2 Å². The fourth-order valence-electron chi connectivity index (χ4n) is 2.58. The Morgan fingerprint density at radius 2 is 1.59 bits per heavy atom. The van der Waals surface area contributed by atoms with Gasteiger partial charge in [0.05, 0.1) is 12.3 Å². The van der Waals surface area contributed by atoms with Crippen molar-refractivity contribution in [3.63, 3.8) is 0 Å². The van der Waals surface area contributed by atoms with Gasteiger partial charge in [-0.2, -0.15) is 0 Å². The maximum atomic E-state index is 13.2. The Balaban J connectivity index is 2.08. The smallest absolute Gasteiger partial charge is 0.253 e. The minimum Gasteiger partial charge on any atom is -0.386 e. The van der Waals surface area contributed by atoms with Crippen LogP contribution in [0.5, 0.6) is 0 Å². The zero-order valence-corrected chi connectivity index (χ0v) is 17.8. The summed E-state index contributed by atoms with van der Waals surface area (Å²) in [7, 11) is -3.26. The molecule has 2 atom stereocenters. The number of aliphatic hydroxyl groups excluding tert-OH is 1. The van der Waals surface area contributed by atoms with Crippen LogP contribution in [-0.4, -0.2) is 43.2 Å². The molecule has 0 bridgehead atoms. The normalized spacial score (nSPS) is 13.9. The van der Waals surface area contributed by atoms with Gasteiger partial charge in [-0.05, 0) is 22.3 Å². The van der Waals surface area contributed by atoms with E-state index in [9.17, 15) is 22.7 Å². The first-order valence-electron chi connectivity index (χ1n) is 8.57. The van der Waals surface area contributed by atoms with Crippen molar-refractivity contribution in [2.75, 3.05) is 12.9 Å². The average molecular weight is 463 g/mol. The molecule has 2 aromatic carbocycles. The van der Waals surface area contributed by atoms with Crippen molar-refractivity contribution in [2.45, 2.75) is 23.5 Å². The Bertz CT molecular complexity index is 922. The molecule has 0 radical (unpaired) electrons. The molecule has 0 saturated heterocycles. The fraction of sp³-hybridized carbons (Fsp3) is 0.316. The van der Waals surface area contributed by atoms with Crippen molar-refractivity contribution in [3.05, 3.63) is 59.7 Å². The lowest BCUT2D eigenvalue weighted by Crippen LogP contribution is -2.43. The van der Waals surface area contributed by atoms with Gasteiger partial charge in [-0.15, -0.1) is 0 Å². The summed E-state index contributed by atoms with van der Waals surface area (Å²) in [5.41, 5.74) is 2.97. The number of nitrogens with one attached hydrogen (secondary N) is 2. The Labute approximate surface area is 179 Å². The van der Waals surface area contributed by atoms with Gasteiger partial charge in [0.15, 0.2) is 4.84 Å². The summed E-state index contributed by atoms with van der Waals surface area (Å²) in [5, 5.41) is 12.6. The van der Waals surface area contributed by atoms with Crippen LogP contribution in [-0.2, 0) is 21.4 Å². The van der Waals surface area contributed by atoms with E-state index in [-0.39, 0.29) is 6.54 Å². The maximum absolute atomic E-state index is 13.2. The molecule has 3 N–H and O–H groups in total. The van der Waals surface area contributed by atoms with Gasteiger partial charge in [0.1, 0.15) is 12.8 Å². The standard InChI is InChI=1S/C19H21Cl2FN2O4S/c1-29(27,28)23-11-12-2-4-13(5-3-12)14-6-8-15(9-7-14)17(25)16(10-22)24-19(26)18(20)21/h2-9,16-18,23,25H,10-11H2,1H3,(H,24,26)/t16-,17+/m1/s1. The second-order valence-corrected chi connectivity index (χ2v) is 9.36. The highest BCUT2D eigenvalue weighted by molar-refractivity contribution is 7.88. The first-order valence-corrected chi connectivity index (χ1v) is 11.3. The van der Waals surface area contributed by atoms with Crippen LogP contribution in [0.4, 0.5) is 4.39 Å². The molecular formula is C19H21Cl2FN2O4S. The minimum absolute atomic E-state index is 0.200. The van der Waals surface area contributed by atoms with E-state index in [1.54, 1.807) is 36.4 Å². The molecule has 0 spiro atoms. The van der Waals surface area contributed by atoms with Gasteiger partial charge in [-0.1, -0.05) is 71.7 Å². The Morgan fingerprint density at radius 1 is 1.07 bits per heavy atom. The summed E-state index contributed by atoms with van der Waals surface area (Å²) in [6, 6.07) is 12.9. The van der Waals surface area contributed by atoms with E-state index < -0.39 is 39.6 Å². The Kier molecular flexibility index (Phi) is 8.42. The second kappa shape index (κ2) is 10.4. The molecule has 29 heavy (non-hydrogen) atoms. The SMILES string of the molecule is CS(=O)(=O)NCc1ccc(-c2ccc([C@H](O)[C@@H](CF)NC(=O)C(Cl)Cl)cc2)cc1. The summed E-state index contributed by atoms with van der Waals surface area (Å²) in [5.74, 6) is -0.780. The molecule has 2 aromatic rings. The minimum atomic E-state index is -3.26. The lowest BCUT2D eigenvalue weighted by atomic mass is 9.98. The van der Waals surface area contributed by atoms with E-state index >= 15 is 0 Å². The van der Waals surface area contributed by atoms with Crippen LogP contribution < -0.4 is 10.0 Å². The third kappa shape index (κ3) is 7.24. The third-order valence-electron chi connectivity index (χ3n) is 4.15. The summed E-state index contributed by atoms with van der Waals surface area (Å²) in [6.07, 6.45) is -0.172. The van der Waals surface area contributed by atoms with E-state index in [1.807, 2.05) is 12.1 Å². The van der Waals surface area contributed by atoms with Gasteiger partial charge in [-0.25, -0.2) is 17.5 Å². The first-order chi connectivity index (χ1) is 13.6. The molecule has 1 amide bonds. The number of amides is 1. The van der Waals surface area contributed by atoms with Crippen LogP contribution >= 0.6 is 23.2 Å². The zero-order chi connectivity index (χ0) is 21.6.